The molecule has 1 aromatic heterocycles. The van der Waals surface area contributed by atoms with E-state index in [4.69, 9.17) is 19.5 Å². The van der Waals surface area contributed by atoms with Gasteiger partial charge in [0, 0.05) is 28.3 Å². The first kappa shape index (κ1) is 33.7. The zero-order chi connectivity index (χ0) is 34.9. The second kappa shape index (κ2) is 13.4. The molecule has 6 rings (SSSR count). The quantitative estimate of drug-likeness (QED) is 0.182. The number of benzene rings is 4. The molecule has 1 aliphatic heterocycles. The van der Waals surface area contributed by atoms with Gasteiger partial charge >= 0.3 is 0 Å². The van der Waals surface area contributed by atoms with Gasteiger partial charge in [0.05, 0.1) is 19.9 Å². The summed E-state index contributed by atoms with van der Waals surface area (Å²) in [5.41, 5.74) is 11.1. The van der Waals surface area contributed by atoms with Gasteiger partial charge in [0.15, 0.2) is 5.84 Å². The van der Waals surface area contributed by atoms with Crippen LogP contribution in [-0.2, 0) is 10.8 Å². The summed E-state index contributed by atoms with van der Waals surface area (Å²) >= 11 is 0. The molecule has 49 heavy (non-hydrogen) atoms. The number of aliphatic imine (C=N–C) groups is 2. The van der Waals surface area contributed by atoms with Crippen molar-refractivity contribution in [3.05, 3.63) is 143 Å². The number of rotatable bonds is 8. The van der Waals surface area contributed by atoms with Crippen LogP contribution in [-0.4, -0.2) is 30.8 Å². The molecule has 0 saturated heterocycles. The fraction of sp³-hybridized carbons (Fsp3) is 0.273. The summed E-state index contributed by atoms with van der Waals surface area (Å²) in [4.78, 5) is 14.2. The predicted octanol–water partition coefficient (Wildman–Crippen LogP) is 11.1. The van der Waals surface area contributed by atoms with Crippen LogP contribution in [0, 0.1) is 0 Å². The summed E-state index contributed by atoms with van der Waals surface area (Å²) in [5, 5.41) is 0. The number of allylic oxidation sites excluding steroid dienone is 1. The van der Waals surface area contributed by atoms with Crippen LogP contribution >= 0.6 is 0 Å². The molecule has 0 saturated carbocycles. The summed E-state index contributed by atoms with van der Waals surface area (Å²) in [6.07, 6.45) is 2.17. The smallest absolute Gasteiger partial charge is 0.162 e. The summed E-state index contributed by atoms with van der Waals surface area (Å²) in [5.74, 6) is 3.19. The zero-order valence-corrected chi connectivity index (χ0v) is 30.2. The van der Waals surface area contributed by atoms with E-state index in [1.54, 1.807) is 14.2 Å². The van der Waals surface area contributed by atoms with Crippen LogP contribution < -0.4 is 9.47 Å². The summed E-state index contributed by atoms with van der Waals surface area (Å²) in [6.45, 7) is 15.6. The normalized spacial score (nSPS) is 14.8. The van der Waals surface area contributed by atoms with Crippen LogP contribution in [0.25, 0.3) is 16.7 Å². The third-order valence-corrected chi connectivity index (χ3v) is 9.38. The summed E-state index contributed by atoms with van der Waals surface area (Å²) < 4.78 is 10.9. The van der Waals surface area contributed by atoms with Crippen molar-refractivity contribution < 1.29 is 9.47 Å². The number of nitrogens with zero attached hydrogens (tertiary/aromatic N) is 2. The highest BCUT2D eigenvalue weighted by molar-refractivity contribution is 6.38. The van der Waals surface area contributed by atoms with Crippen molar-refractivity contribution in [3.63, 3.8) is 0 Å². The van der Waals surface area contributed by atoms with E-state index >= 15 is 0 Å². The Hall–Kier alpha value is -5.16. The van der Waals surface area contributed by atoms with E-state index in [1.165, 1.54) is 16.7 Å². The molecule has 2 heterocycles. The number of methoxy groups -OCH3 is 2. The molecule has 250 valence electrons. The number of aromatic amines is 1. The fourth-order valence-corrected chi connectivity index (χ4v) is 6.10. The van der Waals surface area contributed by atoms with E-state index in [0.29, 0.717) is 5.84 Å². The minimum atomic E-state index is 0.0600. The molecule has 4 aromatic carbocycles. The van der Waals surface area contributed by atoms with E-state index in [0.717, 1.165) is 56.5 Å². The van der Waals surface area contributed by atoms with Gasteiger partial charge in [0.1, 0.15) is 17.3 Å². The second-order valence-electron chi connectivity index (χ2n) is 14.9. The average Bonchev–Trinajstić information content (AvgIpc) is 3.72. The van der Waals surface area contributed by atoms with Crippen LogP contribution in [0.3, 0.4) is 0 Å². The number of ether oxygens (including phenoxy) is 2. The number of H-pyrrole nitrogens is 1. The third-order valence-electron chi connectivity index (χ3n) is 9.38. The van der Waals surface area contributed by atoms with Crippen molar-refractivity contribution in [1.29, 1.82) is 0 Å². The maximum absolute atomic E-state index is 5.46. The van der Waals surface area contributed by atoms with Gasteiger partial charge in [0.2, 0.25) is 0 Å². The van der Waals surface area contributed by atoms with Gasteiger partial charge in [-0.15, -0.1) is 0 Å². The predicted molar refractivity (Wildman–Crippen MR) is 205 cm³/mol. The van der Waals surface area contributed by atoms with Crippen molar-refractivity contribution in [1.82, 2.24) is 4.98 Å². The highest BCUT2D eigenvalue weighted by Gasteiger charge is 2.23. The zero-order valence-electron chi connectivity index (χ0n) is 30.2. The van der Waals surface area contributed by atoms with E-state index in [1.807, 2.05) is 24.3 Å². The lowest BCUT2D eigenvalue weighted by Crippen LogP contribution is -2.11. The van der Waals surface area contributed by atoms with Gasteiger partial charge in [0.25, 0.3) is 0 Å². The van der Waals surface area contributed by atoms with E-state index in [2.05, 4.69) is 138 Å². The lowest BCUT2D eigenvalue weighted by atomic mass is 9.86. The Morgan fingerprint density at radius 3 is 1.63 bits per heavy atom. The van der Waals surface area contributed by atoms with Crippen LogP contribution in [0.1, 0.15) is 87.9 Å². The number of aromatic nitrogens is 1. The molecule has 0 radical (unpaired) electrons. The Kier molecular flexibility index (Phi) is 9.22. The molecule has 0 spiro atoms. The number of amidine groups is 1. The lowest BCUT2D eigenvalue weighted by molar-refractivity contribution is 0.414. The molecular weight excluding hydrogens is 603 g/mol. The highest BCUT2D eigenvalue weighted by Crippen LogP contribution is 2.38. The minimum absolute atomic E-state index is 0.0600. The molecule has 5 aromatic rings. The Balaban J connectivity index is 1.48. The van der Waals surface area contributed by atoms with Crippen molar-refractivity contribution in [3.8, 4) is 22.6 Å². The molecule has 0 amide bonds. The van der Waals surface area contributed by atoms with Gasteiger partial charge in [-0.25, -0.2) is 9.98 Å². The van der Waals surface area contributed by atoms with E-state index in [-0.39, 0.29) is 16.7 Å². The van der Waals surface area contributed by atoms with Crippen molar-refractivity contribution in [2.75, 3.05) is 14.2 Å². The molecule has 0 unspecified atom stereocenters. The van der Waals surface area contributed by atoms with Crippen LogP contribution in [0.15, 0.2) is 119 Å². The first-order valence-electron chi connectivity index (χ1n) is 17.0. The molecule has 1 aliphatic rings. The molecule has 5 heteroatoms. The number of hydrogen-bond acceptors (Lipinski definition) is 3. The number of hydrogen-bond donors (Lipinski definition) is 1. The van der Waals surface area contributed by atoms with Gasteiger partial charge in [-0.1, -0.05) is 121 Å². The molecule has 1 N–H and O–H groups in total. The van der Waals surface area contributed by atoms with Crippen molar-refractivity contribution >= 4 is 22.9 Å². The summed E-state index contributed by atoms with van der Waals surface area (Å²) in [6, 6.07) is 36.2. The van der Waals surface area contributed by atoms with Crippen molar-refractivity contribution in [2.45, 2.75) is 65.2 Å². The van der Waals surface area contributed by atoms with Crippen LogP contribution in [0.4, 0.5) is 5.82 Å². The maximum atomic E-state index is 5.46. The maximum Gasteiger partial charge on any atom is 0.162 e. The first-order chi connectivity index (χ1) is 23.3. The molecule has 0 fully saturated rings. The fourth-order valence-electron chi connectivity index (χ4n) is 6.10. The molecule has 1 atom stereocenters. The average molecular weight is 650 g/mol. The Bertz CT molecular complexity index is 2010. The highest BCUT2D eigenvalue weighted by atomic mass is 16.5. The largest absolute Gasteiger partial charge is 0.497 e. The minimum Gasteiger partial charge on any atom is -0.497 e. The first-order valence-corrected chi connectivity index (χ1v) is 17.0. The topological polar surface area (TPSA) is 59.0 Å². The molecular formula is C44H47N3O2. The molecule has 0 aliphatic carbocycles. The third kappa shape index (κ3) is 7.31. The van der Waals surface area contributed by atoms with Crippen LogP contribution in [0.5, 0.6) is 11.5 Å². The van der Waals surface area contributed by atoms with Gasteiger partial charge in [-0.2, -0.15) is 0 Å². The Morgan fingerprint density at radius 2 is 1.12 bits per heavy atom. The van der Waals surface area contributed by atoms with Crippen molar-refractivity contribution in [2.24, 2.45) is 9.98 Å². The monoisotopic (exact) mass is 649 g/mol. The Morgan fingerprint density at radius 1 is 0.633 bits per heavy atom. The van der Waals surface area contributed by atoms with Crippen LogP contribution in [0.2, 0.25) is 0 Å². The Labute approximate surface area is 291 Å². The summed E-state index contributed by atoms with van der Waals surface area (Å²) in [7, 11) is 3.38. The SMILES string of the molecule is COc1ccc(-c2cc([C@H](C)c3ccc(OC)cc3)[nH]c2N=C2N=C(c3ccc(C(C)(C)C)cc3)C=C2c2ccc(C(C)(C)C)cc2)cc1. The van der Waals surface area contributed by atoms with Gasteiger partial charge in [-0.3, -0.25) is 0 Å². The molecule has 0 bridgehead atoms. The van der Waals surface area contributed by atoms with E-state index in [9.17, 15) is 0 Å². The van der Waals surface area contributed by atoms with Gasteiger partial charge in [-0.05, 0) is 75.1 Å². The lowest BCUT2D eigenvalue weighted by Gasteiger charge is -2.19. The standard InChI is InChI=1S/C44H47N3O2/c1-28(29-14-22-35(48-8)23-15-29)39-26-37(31-16-24-36(49-9)25-17-31)41(45-39)47-42-38(30-10-18-33(19-11-30)43(2,3)4)27-40(46-42)32-12-20-34(21-13-32)44(5,6)7/h10-28,45H,1-9H3/t28-/m1/s1. The van der Waals surface area contributed by atoms with E-state index < -0.39 is 0 Å². The second-order valence-corrected chi connectivity index (χ2v) is 14.9. The molecule has 5 nitrogen and oxygen atoms in total. The number of nitrogens with one attached hydrogen (secondary N) is 1. The van der Waals surface area contributed by atoms with Gasteiger partial charge < -0.3 is 14.5 Å².